The number of hydrogen-bond donors (Lipinski definition) is 1. The number of morpholine rings is 2. The summed E-state index contributed by atoms with van der Waals surface area (Å²) in [7, 11) is 1.21. The predicted molar refractivity (Wildman–Crippen MR) is 151 cm³/mol. The summed E-state index contributed by atoms with van der Waals surface area (Å²) in [4.78, 5) is 24.9. The van der Waals surface area contributed by atoms with Crippen LogP contribution in [0.15, 0.2) is 42.6 Å². The number of aromatic nitrogens is 2. The Balaban J connectivity index is 0.000000687. The fourth-order valence-electron chi connectivity index (χ4n) is 4.51. The lowest BCUT2D eigenvalue weighted by Gasteiger charge is -2.27. The van der Waals surface area contributed by atoms with E-state index in [1.165, 1.54) is 19.3 Å². The first-order valence-corrected chi connectivity index (χ1v) is 14.1. The number of amides is 1. The van der Waals surface area contributed by atoms with Crippen molar-refractivity contribution in [2.75, 3.05) is 64.6 Å². The molecule has 0 spiro atoms. The van der Waals surface area contributed by atoms with Crippen LogP contribution in [0.4, 0.5) is 36.7 Å². The number of nitrogens with one attached hydrogen (secondary N) is 1. The summed E-state index contributed by atoms with van der Waals surface area (Å²) < 4.78 is 104. The molecular weight excluding hydrogens is 635 g/mol. The van der Waals surface area contributed by atoms with E-state index < -0.39 is 41.7 Å². The number of anilines is 1. The minimum atomic E-state index is -5.03. The number of hydrogen-bond acceptors (Lipinski definition) is 7. The minimum Gasteiger partial charge on any atom is -0.379 e. The zero-order valence-electron chi connectivity index (χ0n) is 23.9. The largest absolute Gasteiger partial charge is 0.416 e. The zero-order valence-corrected chi connectivity index (χ0v) is 24.7. The van der Waals surface area contributed by atoms with E-state index in [0.29, 0.717) is 38.4 Å². The van der Waals surface area contributed by atoms with Crippen LogP contribution in [0.25, 0.3) is 11.3 Å². The number of benzene rings is 2. The van der Waals surface area contributed by atoms with Crippen LogP contribution in [0.1, 0.15) is 27.0 Å². The lowest BCUT2D eigenvalue weighted by Crippen LogP contribution is -2.37. The van der Waals surface area contributed by atoms with E-state index in [-0.39, 0.29) is 39.4 Å². The summed E-state index contributed by atoms with van der Waals surface area (Å²) in [5, 5.41) is 3.10. The Labute approximate surface area is 259 Å². The van der Waals surface area contributed by atoms with E-state index in [9.17, 15) is 35.5 Å². The number of nitrogens with zero attached hydrogens (tertiary/aromatic N) is 4. The third-order valence-corrected chi connectivity index (χ3v) is 7.06. The molecule has 5 rings (SSSR count). The highest BCUT2D eigenvalue weighted by molar-refractivity contribution is 6.33. The van der Waals surface area contributed by atoms with Gasteiger partial charge in [-0.15, -0.1) is 0 Å². The van der Waals surface area contributed by atoms with Gasteiger partial charge in [0.1, 0.15) is 5.82 Å². The maximum Gasteiger partial charge on any atom is 0.416 e. The smallest absolute Gasteiger partial charge is 0.379 e. The third kappa shape index (κ3) is 9.25. The van der Waals surface area contributed by atoms with Crippen molar-refractivity contribution in [3.05, 3.63) is 75.7 Å². The molecule has 0 unspecified atom stereocenters. The SMILES string of the molecule is C1COCCN1.CN(Cc1cc(C(F)(F)F)cc(C(F)(F)F)c1)C(=O)c1cnc(N2CCOCC2)nc1-c1ccc(F)cc1Cl. The first-order chi connectivity index (χ1) is 21.2. The van der Waals surface area contributed by atoms with Crippen molar-refractivity contribution in [2.24, 2.45) is 0 Å². The van der Waals surface area contributed by atoms with Crippen molar-refractivity contribution in [3.63, 3.8) is 0 Å². The van der Waals surface area contributed by atoms with Gasteiger partial charge in [-0.25, -0.2) is 14.4 Å². The van der Waals surface area contributed by atoms with Gasteiger partial charge in [-0.1, -0.05) is 11.6 Å². The second-order valence-electron chi connectivity index (χ2n) is 10.1. The molecule has 244 valence electrons. The fourth-order valence-corrected chi connectivity index (χ4v) is 4.77. The maximum absolute atomic E-state index is 13.7. The molecule has 2 aliphatic heterocycles. The molecule has 0 atom stereocenters. The Morgan fingerprint density at radius 3 is 2.07 bits per heavy atom. The second-order valence-corrected chi connectivity index (χ2v) is 10.5. The van der Waals surface area contributed by atoms with Crippen molar-refractivity contribution in [3.8, 4) is 11.3 Å². The van der Waals surface area contributed by atoms with Gasteiger partial charge < -0.3 is 24.6 Å². The van der Waals surface area contributed by atoms with E-state index in [2.05, 4.69) is 15.3 Å². The van der Waals surface area contributed by atoms with Crippen LogP contribution < -0.4 is 10.2 Å². The highest BCUT2D eigenvalue weighted by atomic mass is 35.5. The Hall–Kier alpha value is -3.53. The number of carbonyl (C=O) groups excluding carboxylic acids is 1. The number of carbonyl (C=O) groups is 1. The van der Waals surface area contributed by atoms with E-state index in [0.717, 1.165) is 43.3 Å². The summed E-state index contributed by atoms with van der Waals surface area (Å²) in [6.45, 7) is 4.99. The van der Waals surface area contributed by atoms with Gasteiger partial charge in [0.15, 0.2) is 0 Å². The lowest BCUT2D eigenvalue weighted by molar-refractivity contribution is -0.143. The molecule has 0 radical (unpaired) electrons. The normalized spacial score (nSPS) is 15.7. The van der Waals surface area contributed by atoms with Gasteiger partial charge in [0.05, 0.1) is 53.8 Å². The molecule has 0 bridgehead atoms. The van der Waals surface area contributed by atoms with E-state index >= 15 is 0 Å². The number of alkyl halides is 6. The molecule has 3 aromatic rings. The predicted octanol–water partition coefficient (Wildman–Crippen LogP) is 5.69. The molecule has 1 aromatic heterocycles. The highest BCUT2D eigenvalue weighted by Crippen LogP contribution is 2.37. The quantitative estimate of drug-likeness (QED) is 0.352. The standard InChI is InChI=1S/C25H20ClF7N4O2.C4H9NO/c1-36(13-14-8-15(24(28,29)30)10-16(9-14)25(31,32)33)22(38)19-12-34-23(37-4-6-39-7-5-37)35-21(19)18-3-2-17(27)11-20(18)26;1-3-6-4-2-5-1/h2-3,8-12H,4-7,13H2,1H3;5H,1-4H2. The molecule has 1 N–H and O–H groups in total. The van der Waals surface area contributed by atoms with Crippen molar-refractivity contribution in [1.82, 2.24) is 20.2 Å². The Morgan fingerprint density at radius 1 is 0.956 bits per heavy atom. The van der Waals surface area contributed by atoms with Crippen molar-refractivity contribution in [1.29, 1.82) is 0 Å². The molecular formula is C29H29ClF7N5O3. The molecule has 0 aliphatic carbocycles. The van der Waals surface area contributed by atoms with Crippen LogP contribution in [0.5, 0.6) is 0 Å². The lowest BCUT2D eigenvalue weighted by atomic mass is 10.0. The summed E-state index contributed by atoms with van der Waals surface area (Å²) in [6.07, 6.45) is -8.87. The molecule has 1 amide bonds. The van der Waals surface area contributed by atoms with Gasteiger partial charge in [-0.3, -0.25) is 4.79 Å². The van der Waals surface area contributed by atoms with Gasteiger partial charge in [0.2, 0.25) is 5.95 Å². The van der Waals surface area contributed by atoms with Crippen molar-refractivity contribution >= 4 is 23.5 Å². The van der Waals surface area contributed by atoms with Gasteiger partial charge in [0.25, 0.3) is 5.91 Å². The van der Waals surface area contributed by atoms with E-state index in [4.69, 9.17) is 21.1 Å². The maximum atomic E-state index is 13.7. The molecule has 2 aromatic carbocycles. The van der Waals surface area contributed by atoms with E-state index in [1.54, 1.807) is 4.90 Å². The van der Waals surface area contributed by atoms with Crippen LogP contribution in [-0.4, -0.2) is 80.4 Å². The van der Waals surface area contributed by atoms with Gasteiger partial charge in [0, 0.05) is 51.5 Å². The monoisotopic (exact) mass is 663 g/mol. The van der Waals surface area contributed by atoms with Crippen molar-refractivity contribution in [2.45, 2.75) is 18.9 Å². The summed E-state index contributed by atoms with van der Waals surface area (Å²) >= 11 is 6.24. The number of halogens is 8. The first-order valence-electron chi connectivity index (χ1n) is 13.7. The molecule has 8 nitrogen and oxygen atoms in total. The molecule has 3 heterocycles. The average molecular weight is 664 g/mol. The molecule has 16 heteroatoms. The molecule has 45 heavy (non-hydrogen) atoms. The second kappa shape index (κ2) is 14.7. The zero-order chi connectivity index (χ0) is 32.8. The van der Waals surface area contributed by atoms with Crippen LogP contribution in [0.2, 0.25) is 5.02 Å². The van der Waals surface area contributed by atoms with Crippen LogP contribution in [0.3, 0.4) is 0 Å². The molecule has 0 saturated carbocycles. The third-order valence-electron chi connectivity index (χ3n) is 6.75. The highest BCUT2D eigenvalue weighted by Gasteiger charge is 2.37. The Bertz CT molecular complexity index is 1440. The van der Waals surface area contributed by atoms with Gasteiger partial charge in [-0.2, -0.15) is 26.3 Å². The van der Waals surface area contributed by atoms with Gasteiger partial charge in [-0.05, 0) is 42.0 Å². The number of rotatable bonds is 5. The number of ether oxygens (including phenoxy) is 2. The average Bonchev–Trinajstić information content (AvgIpc) is 3.01. The Kier molecular flexibility index (Phi) is 11.2. The van der Waals surface area contributed by atoms with Crippen LogP contribution in [-0.2, 0) is 28.4 Å². The van der Waals surface area contributed by atoms with Crippen molar-refractivity contribution < 1.29 is 45.0 Å². The minimum absolute atomic E-state index is 0.0121. The summed E-state index contributed by atoms with van der Waals surface area (Å²) in [5.74, 6) is -1.20. The summed E-state index contributed by atoms with van der Waals surface area (Å²) in [6, 6.07) is 4.55. The molecule has 2 aliphatic rings. The van der Waals surface area contributed by atoms with Gasteiger partial charge >= 0.3 is 12.4 Å². The molecule has 2 saturated heterocycles. The van der Waals surface area contributed by atoms with Crippen LogP contribution in [0, 0.1) is 5.82 Å². The topological polar surface area (TPSA) is 79.8 Å². The fraction of sp³-hybridized carbons (Fsp3) is 0.414. The van der Waals surface area contributed by atoms with Crippen LogP contribution >= 0.6 is 11.6 Å². The summed E-state index contributed by atoms with van der Waals surface area (Å²) in [5.41, 5.74) is -3.31. The van der Waals surface area contributed by atoms with E-state index in [1.807, 2.05) is 0 Å². The molecule has 2 fully saturated rings. The Morgan fingerprint density at radius 2 is 1.56 bits per heavy atom. The first kappa shape index (κ1) is 34.3.